The Kier molecular flexibility index (Phi) is 3.97. The second-order valence-corrected chi connectivity index (χ2v) is 5.57. The molecule has 1 rings (SSSR count). The van der Waals surface area contributed by atoms with Gasteiger partial charge in [-0.05, 0) is 30.4 Å². The standard InChI is InChI=1S/C15H22O2/c1-10-7-8-13(15(3,4)5)14(17-6)12(10)9-11(2)16/h7-8H,9H2,1-6H3. The summed E-state index contributed by atoms with van der Waals surface area (Å²) in [7, 11) is 1.67. The summed E-state index contributed by atoms with van der Waals surface area (Å²) in [4.78, 5) is 11.3. The molecule has 0 unspecified atom stereocenters. The van der Waals surface area contributed by atoms with Gasteiger partial charge in [-0.1, -0.05) is 32.9 Å². The van der Waals surface area contributed by atoms with Gasteiger partial charge in [-0.2, -0.15) is 0 Å². The van der Waals surface area contributed by atoms with Crippen LogP contribution in [0.4, 0.5) is 0 Å². The van der Waals surface area contributed by atoms with Crippen molar-refractivity contribution >= 4 is 5.78 Å². The summed E-state index contributed by atoms with van der Waals surface area (Å²) >= 11 is 0. The SMILES string of the molecule is COc1c(C(C)(C)C)ccc(C)c1CC(C)=O. The molecule has 0 heterocycles. The molecule has 1 aromatic carbocycles. The number of Topliss-reactive ketones (excluding diaryl/α,β-unsaturated/α-hetero) is 1. The van der Waals surface area contributed by atoms with Crippen LogP contribution in [-0.2, 0) is 16.6 Å². The molecule has 0 saturated heterocycles. The third-order valence-corrected chi connectivity index (χ3v) is 2.93. The highest BCUT2D eigenvalue weighted by Crippen LogP contribution is 2.35. The Bertz CT molecular complexity index is 425. The van der Waals surface area contributed by atoms with Crippen LogP contribution in [0.1, 0.15) is 44.4 Å². The number of hydrogen-bond acceptors (Lipinski definition) is 2. The monoisotopic (exact) mass is 234 g/mol. The van der Waals surface area contributed by atoms with E-state index < -0.39 is 0 Å². The van der Waals surface area contributed by atoms with Crippen LogP contribution in [0.25, 0.3) is 0 Å². The molecule has 2 nitrogen and oxygen atoms in total. The van der Waals surface area contributed by atoms with Gasteiger partial charge in [0.05, 0.1) is 7.11 Å². The van der Waals surface area contributed by atoms with E-state index in [2.05, 4.69) is 32.9 Å². The minimum atomic E-state index is 0.0184. The summed E-state index contributed by atoms with van der Waals surface area (Å²) < 4.78 is 5.53. The van der Waals surface area contributed by atoms with Gasteiger partial charge in [-0.15, -0.1) is 0 Å². The number of benzene rings is 1. The normalized spacial score (nSPS) is 11.4. The quantitative estimate of drug-likeness (QED) is 0.801. The molecule has 0 radical (unpaired) electrons. The number of ether oxygens (including phenoxy) is 1. The zero-order valence-corrected chi connectivity index (χ0v) is 11.7. The van der Waals surface area contributed by atoms with Crippen molar-refractivity contribution in [3.8, 4) is 5.75 Å². The van der Waals surface area contributed by atoms with Crippen molar-refractivity contribution in [3.05, 3.63) is 28.8 Å². The second kappa shape index (κ2) is 4.91. The lowest BCUT2D eigenvalue weighted by Gasteiger charge is -2.24. The van der Waals surface area contributed by atoms with Crippen LogP contribution in [0.15, 0.2) is 12.1 Å². The molecule has 0 saturated carbocycles. The third-order valence-electron chi connectivity index (χ3n) is 2.93. The highest BCUT2D eigenvalue weighted by Gasteiger charge is 2.22. The molecule has 0 bridgehead atoms. The highest BCUT2D eigenvalue weighted by molar-refractivity contribution is 5.79. The van der Waals surface area contributed by atoms with E-state index >= 15 is 0 Å². The van der Waals surface area contributed by atoms with Crippen molar-refractivity contribution in [2.24, 2.45) is 0 Å². The molecular weight excluding hydrogens is 212 g/mol. The summed E-state index contributed by atoms with van der Waals surface area (Å²) in [5, 5.41) is 0. The van der Waals surface area contributed by atoms with Crippen LogP contribution in [0, 0.1) is 6.92 Å². The molecule has 17 heavy (non-hydrogen) atoms. The first kappa shape index (κ1) is 13.8. The first-order valence-corrected chi connectivity index (χ1v) is 5.93. The van der Waals surface area contributed by atoms with Gasteiger partial charge in [0.1, 0.15) is 11.5 Å². The maximum absolute atomic E-state index is 11.3. The van der Waals surface area contributed by atoms with Crippen molar-refractivity contribution in [2.45, 2.75) is 46.5 Å². The molecule has 0 aliphatic heterocycles. The summed E-state index contributed by atoms with van der Waals surface area (Å²) in [6, 6.07) is 4.17. The minimum absolute atomic E-state index is 0.0184. The second-order valence-electron chi connectivity index (χ2n) is 5.57. The topological polar surface area (TPSA) is 26.3 Å². The van der Waals surface area contributed by atoms with Gasteiger partial charge in [-0.25, -0.2) is 0 Å². The number of carbonyl (C=O) groups excluding carboxylic acids is 1. The molecule has 94 valence electrons. The smallest absolute Gasteiger partial charge is 0.134 e. The molecule has 0 fully saturated rings. The summed E-state index contributed by atoms with van der Waals surface area (Å²) in [5.41, 5.74) is 3.31. The van der Waals surface area contributed by atoms with Gasteiger partial charge in [0.2, 0.25) is 0 Å². The molecule has 0 atom stereocenters. The van der Waals surface area contributed by atoms with Gasteiger partial charge >= 0.3 is 0 Å². The molecule has 0 aliphatic rings. The van der Waals surface area contributed by atoms with Gasteiger partial charge in [0.25, 0.3) is 0 Å². The minimum Gasteiger partial charge on any atom is -0.496 e. The lowest BCUT2D eigenvalue weighted by atomic mass is 9.83. The Morgan fingerprint density at radius 2 is 1.88 bits per heavy atom. The highest BCUT2D eigenvalue weighted by atomic mass is 16.5. The fourth-order valence-electron chi connectivity index (χ4n) is 2.02. The zero-order valence-electron chi connectivity index (χ0n) is 11.7. The molecule has 0 aliphatic carbocycles. The van der Waals surface area contributed by atoms with Crippen molar-refractivity contribution in [1.82, 2.24) is 0 Å². The Balaban J connectivity index is 3.41. The van der Waals surface area contributed by atoms with E-state index in [4.69, 9.17) is 4.74 Å². The van der Waals surface area contributed by atoms with E-state index in [-0.39, 0.29) is 11.2 Å². The molecule has 2 heteroatoms. The van der Waals surface area contributed by atoms with E-state index in [9.17, 15) is 4.79 Å². The molecular formula is C15H22O2. The van der Waals surface area contributed by atoms with Crippen LogP contribution in [0.5, 0.6) is 5.75 Å². The van der Waals surface area contributed by atoms with Crippen molar-refractivity contribution in [3.63, 3.8) is 0 Å². The molecule has 1 aromatic rings. The predicted octanol–water partition coefficient (Wildman–Crippen LogP) is 3.43. The lowest BCUT2D eigenvalue weighted by molar-refractivity contribution is -0.116. The van der Waals surface area contributed by atoms with E-state index in [1.807, 2.05) is 6.92 Å². The van der Waals surface area contributed by atoms with E-state index in [0.717, 1.165) is 22.4 Å². The Labute approximate surface area is 104 Å². The van der Waals surface area contributed by atoms with Crippen molar-refractivity contribution < 1.29 is 9.53 Å². The maximum atomic E-state index is 11.3. The Hall–Kier alpha value is -1.31. The Morgan fingerprint density at radius 3 is 2.29 bits per heavy atom. The summed E-state index contributed by atoms with van der Waals surface area (Å²) in [6.45, 7) is 10.1. The number of rotatable bonds is 3. The Morgan fingerprint density at radius 1 is 1.29 bits per heavy atom. The average Bonchev–Trinajstić information content (AvgIpc) is 2.18. The van der Waals surface area contributed by atoms with Crippen LogP contribution in [0.2, 0.25) is 0 Å². The van der Waals surface area contributed by atoms with Crippen LogP contribution in [-0.4, -0.2) is 12.9 Å². The fraction of sp³-hybridized carbons (Fsp3) is 0.533. The average molecular weight is 234 g/mol. The van der Waals surface area contributed by atoms with Gasteiger partial charge in [0, 0.05) is 12.0 Å². The molecule has 0 amide bonds. The molecule has 0 N–H and O–H groups in total. The number of hydrogen-bond donors (Lipinski definition) is 0. The van der Waals surface area contributed by atoms with Gasteiger partial charge < -0.3 is 4.74 Å². The summed E-state index contributed by atoms with van der Waals surface area (Å²) in [6.07, 6.45) is 0.443. The molecule has 0 aromatic heterocycles. The van der Waals surface area contributed by atoms with Gasteiger partial charge in [-0.3, -0.25) is 4.79 Å². The largest absolute Gasteiger partial charge is 0.496 e. The first-order chi connectivity index (χ1) is 7.77. The predicted molar refractivity (Wildman–Crippen MR) is 70.8 cm³/mol. The van der Waals surface area contributed by atoms with Crippen molar-refractivity contribution in [1.29, 1.82) is 0 Å². The summed E-state index contributed by atoms with van der Waals surface area (Å²) in [5.74, 6) is 1.03. The number of methoxy groups -OCH3 is 1. The number of carbonyl (C=O) groups is 1. The van der Waals surface area contributed by atoms with Crippen LogP contribution < -0.4 is 4.74 Å². The first-order valence-electron chi connectivity index (χ1n) is 5.93. The van der Waals surface area contributed by atoms with Crippen LogP contribution >= 0.6 is 0 Å². The third kappa shape index (κ3) is 3.09. The van der Waals surface area contributed by atoms with Gasteiger partial charge in [0.15, 0.2) is 0 Å². The fourth-order valence-corrected chi connectivity index (χ4v) is 2.02. The van der Waals surface area contributed by atoms with Crippen LogP contribution in [0.3, 0.4) is 0 Å². The molecule has 0 spiro atoms. The number of aryl methyl sites for hydroxylation is 1. The number of ketones is 1. The van der Waals surface area contributed by atoms with E-state index in [0.29, 0.717) is 6.42 Å². The lowest BCUT2D eigenvalue weighted by Crippen LogP contribution is -2.15. The van der Waals surface area contributed by atoms with E-state index in [1.54, 1.807) is 14.0 Å². The van der Waals surface area contributed by atoms with E-state index in [1.165, 1.54) is 0 Å². The van der Waals surface area contributed by atoms with Crippen molar-refractivity contribution in [2.75, 3.05) is 7.11 Å². The zero-order chi connectivity index (χ0) is 13.2. The maximum Gasteiger partial charge on any atom is 0.134 e.